The lowest BCUT2D eigenvalue weighted by Gasteiger charge is -2.10. The summed E-state index contributed by atoms with van der Waals surface area (Å²) >= 11 is 6.28. The van der Waals surface area contributed by atoms with Crippen molar-refractivity contribution in [3.63, 3.8) is 0 Å². The number of amides is 1. The lowest BCUT2D eigenvalue weighted by molar-refractivity contribution is 0.0224. The molecule has 1 amide bonds. The molecule has 174 valence electrons. The molecule has 0 aliphatic heterocycles. The number of nitrogens with one attached hydrogen (secondary N) is 2. The molecule has 4 aromatic rings. The molecule has 0 unspecified atom stereocenters. The molecular formula is C24H22ClFN6O2. The Balaban J connectivity index is 1.40. The molecule has 2 N–H and O–H groups in total. The molecule has 0 aliphatic rings. The third-order valence-electron chi connectivity index (χ3n) is 4.89. The van der Waals surface area contributed by atoms with Crippen LogP contribution >= 0.6 is 11.6 Å². The van der Waals surface area contributed by atoms with E-state index < -0.39 is 11.7 Å². The zero-order chi connectivity index (χ0) is 24.1. The number of aromatic nitrogens is 4. The molecule has 0 bridgehead atoms. The summed E-state index contributed by atoms with van der Waals surface area (Å²) < 4.78 is 16.4. The molecule has 0 radical (unpaired) electrons. The number of carbonyl (C=O) groups excluding carboxylic acids is 1. The highest BCUT2D eigenvalue weighted by Crippen LogP contribution is 2.27. The molecule has 2 aromatic carbocycles. The average Bonchev–Trinajstić information content (AvgIpc) is 3.33. The normalized spacial score (nSPS) is 11.0. The Labute approximate surface area is 200 Å². The largest absolute Gasteiger partial charge is 0.324 e. The van der Waals surface area contributed by atoms with Gasteiger partial charge < -0.3 is 5.32 Å². The molecule has 0 fully saturated rings. The number of hydrogen-bond donors (Lipinski definition) is 2. The summed E-state index contributed by atoms with van der Waals surface area (Å²) in [6, 6.07) is 13.3. The van der Waals surface area contributed by atoms with Crippen molar-refractivity contribution >= 4 is 29.1 Å². The molecule has 4 rings (SSSR count). The first-order valence-corrected chi connectivity index (χ1v) is 10.9. The lowest BCUT2D eigenvalue weighted by atomic mass is 10.2. The highest BCUT2D eigenvalue weighted by atomic mass is 35.5. The Bertz CT molecular complexity index is 1300. The molecule has 2 heterocycles. The van der Waals surface area contributed by atoms with Gasteiger partial charge in [0.25, 0.3) is 5.91 Å². The van der Waals surface area contributed by atoms with Crippen LogP contribution in [0.1, 0.15) is 35.8 Å². The molecule has 0 spiro atoms. The van der Waals surface area contributed by atoms with Crippen LogP contribution in [0.4, 0.5) is 16.0 Å². The fourth-order valence-electron chi connectivity index (χ4n) is 3.07. The van der Waals surface area contributed by atoms with Gasteiger partial charge in [0.05, 0.1) is 23.1 Å². The van der Waals surface area contributed by atoms with Crippen LogP contribution in [0.25, 0.3) is 11.3 Å². The summed E-state index contributed by atoms with van der Waals surface area (Å²) in [5.74, 6) is -0.657. The second kappa shape index (κ2) is 10.4. The molecule has 0 atom stereocenters. The molecule has 0 saturated carbocycles. The highest BCUT2D eigenvalue weighted by Gasteiger charge is 2.13. The van der Waals surface area contributed by atoms with Crippen LogP contribution < -0.4 is 10.8 Å². The Morgan fingerprint density at radius 1 is 1.18 bits per heavy atom. The maximum Gasteiger partial charge on any atom is 0.274 e. The molecule has 0 aliphatic carbocycles. The molecular weight excluding hydrogens is 459 g/mol. The van der Waals surface area contributed by atoms with E-state index in [4.69, 9.17) is 16.4 Å². The van der Waals surface area contributed by atoms with Crippen LogP contribution in [0, 0.1) is 5.82 Å². The van der Waals surface area contributed by atoms with Gasteiger partial charge in [-0.15, -0.1) is 0 Å². The summed E-state index contributed by atoms with van der Waals surface area (Å²) in [6.45, 7) is 3.91. The van der Waals surface area contributed by atoms with E-state index in [1.165, 1.54) is 12.3 Å². The van der Waals surface area contributed by atoms with Crippen molar-refractivity contribution in [2.24, 2.45) is 0 Å². The van der Waals surface area contributed by atoms with Crippen LogP contribution in [0.5, 0.6) is 0 Å². The Hall–Kier alpha value is -3.82. The van der Waals surface area contributed by atoms with Gasteiger partial charge in [-0.1, -0.05) is 35.9 Å². The first-order chi connectivity index (χ1) is 16.4. The van der Waals surface area contributed by atoms with E-state index >= 15 is 0 Å². The van der Waals surface area contributed by atoms with Crippen molar-refractivity contribution in [1.29, 1.82) is 0 Å². The summed E-state index contributed by atoms with van der Waals surface area (Å²) in [7, 11) is 0. The quantitative estimate of drug-likeness (QED) is 0.331. The van der Waals surface area contributed by atoms with E-state index in [1.54, 1.807) is 53.3 Å². The molecule has 34 heavy (non-hydrogen) atoms. The predicted octanol–water partition coefficient (Wildman–Crippen LogP) is 5.32. The number of carbonyl (C=O) groups is 1. The second-order valence-corrected chi connectivity index (χ2v) is 8.12. The summed E-state index contributed by atoms with van der Waals surface area (Å²) in [4.78, 5) is 25.8. The zero-order valence-electron chi connectivity index (χ0n) is 18.5. The van der Waals surface area contributed by atoms with E-state index in [2.05, 4.69) is 25.9 Å². The van der Waals surface area contributed by atoms with Crippen molar-refractivity contribution in [3.8, 4) is 11.3 Å². The number of nitrogens with zero attached hydrogens (tertiary/aromatic N) is 4. The van der Waals surface area contributed by atoms with Crippen LogP contribution in [0.2, 0.25) is 5.02 Å². The number of hydroxylamine groups is 1. The minimum atomic E-state index is -0.508. The van der Waals surface area contributed by atoms with E-state index in [0.717, 1.165) is 5.56 Å². The summed E-state index contributed by atoms with van der Waals surface area (Å²) in [6.07, 6.45) is 5.02. The van der Waals surface area contributed by atoms with Gasteiger partial charge in [0.15, 0.2) is 0 Å². The first kappa shape index (κ1) is 23.3. The minimum Gasteiger partial charge on any atom is -0.324 e. The zero-order valence-corrected chi connectivity index (χ0v) is 19.3. The summed E-state index contributed by atoms with van der Waals surface area (Å²) in [5, 5.41) is 7.67. The lowest BCUT2D eigenvalue weighted by Crippen LogP contribution is -2.23. The SMILES string of the molecule is CC(C)n1cc(-c2nc(Nc3ccc(CONC(=O)c4ccccc4)c(F)c3)ncc2Cl)cn1. The minimum absolute atomic E-state index is 0.133. The standard InChI is InChI=1S/C24H22ClFN6O2/c1-15(2)32-13-18(11-28-32)22-20(25)12-27-24(30-22)29-19-9-8-17(21(26)10-19)14-34-31-23(33)16-6-4-3-5-7-16/h3-13,15H,14H2,1-2H3,(H,31,33)(H,27,29,30). The fourth-order valence-corrected chi connectivity index (χ4v) is 3.27. The van der Waals surface area contributed by atoms with Gasteiger partial charge in [-0.3, -0.25) is 14.3 Å². The van der Waals surface area contributed by atoms with Gasteiger partial charge in [0, 0.05) is 34.6 Å². The molecule has 8 nitrogen and oxygen atoms in total. The van der Waals surface area contributed by atoms with E-state index in [0.29, 0.717) is 22.0 Å². The van der Waals surface area contributed by atoms with Gasteiger partial charge in [-0.2, -0.15) is 5.10 Å². The van der Waals surface area contributed by atoms with E-state index in [9.17, 15) is 9.18 Å². The first-order valence-electron chi connectivity index (χ1n) is 10.5. The van der Waals surface area contributed by atoms with Crippen molar-refractivity contribution in [1.82, 2.24) is 25.2 Å². The number of anilines is 2. The van der Waals surface area contributed by atoms with Crippen molar-refractivity contribution in [3.05, 3.63) is 89.1 Å². The Morgan fingerprint density at radius 3 is 2.68 bits per heavy atom. The monoisotopic (exact) mass is 480 g/mol. The predicted molar refractivity (Wildman–Crippen MR) is 127 cm³/mol. The molecule has 10 heteroatoms. The van der Waals surface area contributed by atoms with Gasteiger partial charge in [0.2, 0.25) is 5.95 Å². The smallest absolute Gasteiger partial charge is 0.274 e. The fraction of sp³-hybridized carbons (Fsp3) is 0.167. The van der Waals surface area contributed by atoms with E-state index in [1.807, 2.05) is 20.0 Å². The summed E-state index contributed by atoms with van der Waals surface area (Å²) in [5.41, 5.74) is 4.74. The van der Waals surface area contributed by atoms with Crippen LogP contribution in [0.15, 0.2) is 67.1 Å². The Kier molecular flexibility index (Phi) is 7.15. The van der Waals surface area contributed by atoms with Crippen LogP contribution in [0.3, 0.4) is 0 Å². The van der Waals surface area contributed by atoms with Gasteiger partial charge >= 0.3 is 0 Å². The van der Waals surface area contributed by atoms with Gasteiger partial charge in [-0.05, 0) is 38.1 Å². The third kappa shape index (κ3) is 5.56. The maximum absolute atomic E-state index is 14.6. The second-order valence-electron chi connectivity index (χ2n) is 7.71. The van der Waals surface area contributed by atoms with Crippen LogP contribution in [-0.2, 0) is 11.4 Å². The average molecular weight is 481 g/mol. The third-order valence-corrected chi connectivity index (χ3v) is 5.16. The highest BCUT2D eigenvalue weighted by molar-refractivity contribution is 6.32. The number of rotatable bonds is 8. The van der Waals surface area contributed by atoms with E-state index in [-0.39, 0.29) is 24.2 Å². The topological polar surface area (TPSA) is 94.0 Å². The van der Waals surface area contributed by atoms with Crippen LogP contribution in [-0.4, -0.2) is 25.7 Å². The van der Waals surface area contributed by atoms with Crippen molar-refractivity contribution in [2.45, 2.75) is 26.5 Å². The van der Waals surface area contributed by atoms with Gasteiger partial charge in [-0.25, -0.2) is 19.8 Å². The number of halogens is 2. The Morgan fingerprint density at radius 2 is 1.97 bits per heavy atom. The van der Waals surface area contributed by atoms with Crippen molar-refractivity contribution in [2.75, 3.05) is 5.32 Å². The van der Waals surface area contributed by atoms with Crippen molar-refractivity contribution < 1.29 is 14.0 Å². The van der Waals surface area contributed by atoms with Gasteiger partial charge in [0.1, 0.15) is 12.4 Å². The number of hydrogen-bond acceptors (Lipinski definition) is 6. The molecule has 2 aromatic heterocycles. The maximum atomic E-state index is 14.6. The molecule has 0 saturated heterocycles. The number of benzene rings is 2.